The Kier molecular flexibility index (Phi) is 10.4. The lowest BCUT2D eigenvalue weighted by atomic mass is 10.1. The molecule has 5 N–H and O–H groups in total. The molecule has 0 unspecified atom stereocenters. The highest BCUT2D eigenvalue weighted by Gasteiger charge is 2.27. The fourth-order valence-electron chi connectivity index (χ4n) is 1.73. The molecule has 0 rings (SSSR count). The van der Waals surface area contributed by atoms with Crippen LogP contribution in [0.3, 0.4) is 0 Å². The summed E-state index contributed by atoms with van der Waals surface area (Å²) < 4.78 is 4.75. The van der Waals surface area contributed by atoms with E-state index in [9.17, 15) is 24.3 Å². The number of carbonyl (C=O) groups is 4. The van der Waals surface area contributed by atoms with E-state index >= 15 is 0 Å². The first kappa shape index (κ1) is 22.8. The van der Waals surface area contributed by atoms with Gasteiger partial charge in [0, 0.05) is 0 Å². The van der Waals surface area contributed by atoms with Crippen molar-refractivity contribution < 1.29 is 39.2 Å². The minimum Gasteiger partial charge on any atom is -0.480 e. The molecule has 0 aliphatic heterocycles. The Morgan fingerprint density at radius 2 is 1.60 bits per heavy atom. The summed E-state index contributed by atoms with van der Waals surface area (Å²) >= 11 is 0. The number of hydrogen-bond donors (Lipinski definition) is 5. The number of hydrogen-bond acceptors (Lipinski definition) is 7. The molecule has 0 aromatic carbocycles. The number of rotatable bonds is 12. The van der Waals surface area contributed by atoms with Crippen molar-refractivity contribution in [1.29, 1.82) is 0 Å². The molecule has 0 fully saturated rings. The average molecular weight is 362 g/mol. The van der Waals surface area contributed by atoms with Crippen LogP contribution < -0.4 is 10.6 Å². The number of carboxylic acid groups (broad SMARTS) is 2. The zero-order chi connectivity index (χ0) is 19.6. The monoisotopic (exact) mass is 362 g/mol. The lowest BCUT2D eigenvalue weighted by Crippen LogP contribution is -2.46. The standard InChI is InChI=1S/C15H26N2O8/c1-8(13(20)21)16-7-5-4-6-11(17-12(19)9(2)18)15(24)25-10(3)14(22)23/h8-11,16,18H,4-7H2,1-3H3,(H,17,19)(H,20,21)(H,22,23)/t8-,9-,10-,11+/m0/s1. The van der Waals surface area contributed by atoms with E-state index < -0.39 is 48.1 Å². The Morgan fingerprint density at radius 3 is 2.08 bits per heavy atom. The topological polar surface area (TPSA) is 162 Å². The molecule has 4 atom stereocenters. The van der Waals surface area contributed by atoms with Crippen molar-refractivity contribution >= 4 is 23.8 Å². The summed E-state index contributed by atoms with van der Waals surface area (Å²) in [5.41, 5.74) is 0. The maximum atomic E-state index is 12.0. The minimum absolute atomic E-state index is 0.159. The maximum absolute atomic E-state index is 12.0. The van der Waals surface area contributed by atoms with E-state index in [-0.39, 0.29) is 6.42 Å². The van der Waals surface area contributed by atoms with Gasteiger partial charge in [0.2, 0.25) is 5.91 Å². The van der Waals surface area contributed by atoms with Crippen LogP contribution in [0.15, 0.2) is 0 Å². The Labute approximate surface area is 145 Å². The van der Waals surface area contributed by atoms with Gasteiger partial charge in [0.1, 0.15) is 18.2 Å². The molecule has 0 saturated heterocycles. The van der Waals surface area contributed by atoms with Gasteiger partial charge in [-0.1, -0.05) is 0 Å². The van der Waals surface area contributed by atoms with Gasteiger partial charge in [0.25, 0.3) is 0 Å². The molecule has 0 heterocycles. The SMILES string of the molecule is C[C@H](O)C(=O)N[C@H](CCCCN[C@@H](C)C(=O)O)C(=O)O[C@@H](C)C(=O)O. The normalized spacial score (nSPS) is 15.5. The third-order valence-electron chi connectivity index (χ3n) is 3.36. The van der Waals surface area contributed by atoms with Gasteiger partial charge < -0.3 is 30.7 Å². The Balaban J connectivity index is 4.53. The van der Waals surface area contributed by atoms with E-state index in [2.05, 4.69) is 10.6 Å². The summed E-state index contributed by atoms with van der Waals surface area (Å²) in [5, 5.41) is 31.8. The number of ether oxygens (including phenoxy) is 1. The summed E-state index contributed by atoms with van der Waals surface area (Å²) in [6.07, 6.45) is -1.56. The third kappa shape index (κ3) is 9.62. The quantitative estimate of drug-likeness (QED) is 0.219. The summed E-state index contributed by atoms with van der Waals surface area (Å²) in [6.45, 7) is 4.31. The second-order valence-corrected chi connectivity index (χ2v) is 5.66. The van der Waals surface area contributed by atoms with Crippen LogP contribution in [-0.2, 0) is 23.9 Å². The lowest BCUT2D eigenvalue weighted by molar-refractivity contribution is -0.164. The molecule has 0 aliphatic carbocycles. The summed E-state index contributed by atoms with van der Waals surface area (Å²) in [4.78, 5) is 45.0. The second kappa shape index (κ2) is 11.4. The van der Waals surface area contributed by atoms with Gasteiger partial charge in [-0.2, -0.15) is 0 Å². The van der Waals surface area contributed by atoms with Gasteiger partial charge in [-0.25, -0.2) is 9.59 Å². The molecule has 0 bridgehead atoms. The summed E-state index contributed by atoms with van der Waals surface area (Å²) in [5.74, 6) is -3.98. The molecule has 0 radical (unpaired) electrons. The van der Waals surface area contributed by atoms with Crippen molar-refractivity contribution in [2.75, 3.05) is 6.54 Å². The van der Waals surface area contributed by atoms with E-state index in [0.717, 1.165) is 0 Å². The molecular formula is C15H26N2O8. The number of aliphatic hydroxyl groups excluding tert-OH is 1. The summed E-state index contributed by atoms with van der Waals surface area (Å²) in [7, 11) is 0. The van der Waals surface area contributed by atoms with Crippen molar-refractivity contribution in [3.05, 3.63) is 0 Å². The van der Waals surface area contributed by atoms with Gasteiger partial charge in [0.05, 0.1) is 0 Å². The predicted molar refractivity (Wildman–Crippen MR) is 85.8 cm³/mol. The fraction of sp³-hybridized carbons (Fsp3) is 0.733. The third-order valence-corrected chi connectivity index (χ3v) is 3.36. The number of unbranched alkanes of at least 4 members (excludes halogenated alkanes) is 1. The zero-order valence-corrected chi connectivity index (χ0v) is 14.5. The molecule has 10 nitrogen and oxygen atoms in total. The Bertz CT molecular complexity index is 480. The number of carboxylic acids is 2. The molecule has 1 amide bonds. The van der Waals surface area contributed by atoms with E-state index in [0.29, 0.717) is 19.4 Å². The first-order valence-corrected chi connectivity index (χ1v) is 7.94. The van der Waals surface area contributed by atoms with Gasteiger partial charge in [0.15, 0.2) is 6.10 Å². The molecule has 0 saturated carbocycles. The number of nitrogens with one attached hydrogen (secondary N) is 2. The van der Waals surface area contributed by atoms with Crippen LogP contribution in [-0.4, -0.2) is 70.0 Å². The van der Waals surface area contributed by atoms with Crippen LogP contribution >= 0.6 is 0 Å². The lowest BCUT2D eigenvalue weighted by Gasteiger charge is -2.20. The number of aliphatic hydroxyl groups is 1. The minimum atomic E-state index is -1.36. The Hall–Kier alpha value is -2.20. The van der Waals surface area contributed by atoms with Crippen LogP contribution in [0, 0.1) is 0 Å². The highest BCUT2D eigenvalue weighted by molar-refractivity contribution is 5.87. The number of carbonyl (C=O) groups excluding carboxylic acids is 2. The van der Waals surface area contributed by atoms with E-state index in [1.54, 1.807) is 0 Å². The first-order valence-electron chi connectivity index (χ1n) is 7.94. The Morgan fingerprint density at radius 1 is 1.00 bits per heavy atom. The molecular weight excluding hydrogens is 336 g/mol. The molecule has 0 aliphatic rings. The molecule has 0 aromatic rings. The molecule has 0 aromatic heterocycles. The second-order valence-electron chi connectivity index (χ2n) is 5.66. The molecule has 0 spiro atoms. The van der Waals surface area contributed by atoms with Gasteiger partial charge >= 0.3 is 17.9 Å². The molecule has 144 valence electrons. The number of amides is 1. The molecule has 25 heavy (non-hydrogen) atoms. The smallest absolute Gasteiger partial charge is 0.344 e. The van der Waals surface area contributed by atoms with Crippen LogP contribution in [0.1, 0.15) is 40.0 Å². The van der Waals surface area contributed by atoms with E-state index in [1.165, 1.54) is 20.8 Å². The van der Waals surface area contributed by atoms with Crippen molar-refractivity contribution in [1.82, 2.24) is 10.6 Å². The summed E-state index contributed by atoms with van der Waals surface area (Å²) in [6, 6.07) is -1.80. The van der Waals surface area contributed by atoms with Crippen molar-refractivity contribution in [3.63, 3.8) is 0 Å². The van der Waals surface area contributed by atoms with Crippen LogP contribution in [0.2, 0.25) is 0 Å². The number of esters is 1. The van der Waals surface area contributed by atoms with Crippen molar-refractivity contribution in [2.24, 2.45) is 0 Å². The van der Waals surface area contributed by atoms with Gasteiger partial charge in [-0.05, 0) is 46.6 Å². The van der Waals surface area contributed by atoms with E-state index in [1.807, 2.05) is 0 Å². The largest absolute Gasteiger partial charge is 0.480 e. The van der Waals surface area contributed by atoms with Gasteiger partial charge in [-0.15, -0.1) is 0 Å². The van der Waals surface area contributed by atoms with Crippen LogP contribution in [0.5, 0.6) is 0 Å². The zero-order valence-electron chi connectivity index (χ0n) is 14.5. The highest BCUT2D eigenvalue weighted by atomic mass is 16.6. The van der Waals surface area contributed by atoms with Crippen LogP contribution in [0.4, 0.5) is 0 Å². The van der Waals surface area contributed by atoms with Gasteiger partial charge in [-0.3, -0.25) is 9.59 Å². The maximum Gasteiger partial charge on any atom is 0.344 e. The van der Waals surface area contributed by atoms with Crippen LogP contribution in [0.25, 0.3) is 0 Å². The highest BCUT2D eigenvalue weighted by Crippen LogP contribution is 2.06. The van der Waals surface area contributed by atoms with Crippen molar-refractivity contribution in [2.45, 2.75) is 64.3 Å². The predicted octanol–water partition coefficient (Wildman–Crippen LogP) is -0.899. The fourth-order valence-corrected chi connectivity index (χ4v) is 1.73. The average Bonchev–Trinajstić information content (AvgIpc) is 2.52. The first-order chi connectivity index (χ1) is 11.6. The number of aliphatic carboxylic acids is 2. The molecule has 10 heteroatoms. The van der Waals surface area contributed by atoms with E-state index in [4.69, 9.17) is 14.9 Å². The van der Waals surface area contributed by atoms with Crippen molar-refractivity contribution in [3.8, 4) is 0 Å².